The molecule has 1 aromatic carbocycles. The molecule has 1 aliphatic heterocycles. The summed E-state index contributed by atoms with van der Waals surface area (Å²) in [4.78, 5) is 40.9. The number of carbonyl (C=O) groups is 2. The van der Waals surface area contributed by atoms with Crippen LogP contribution in [-0.2, 0) is 16.6 Å². The van der Waals surface area contributed by atoms with E-state index in [9.17, 15) is 9.59 Å². The second-order valence-electron chi connectivity index (χ2n) is 8.25. The molecular weight excluding hydrogens is 424 g/mol. The minimum atomic E-state index is -0.380. The summed E-state index contributed by atoms with van der Waals surface area (Å²) in [6.07, 6.45) is 5.12. The highest BCUT2D eigenvalue weighted by molar-refractivity contribution is 7.21. The second-order valence-corrected chi connectivity index (χ2v) is 9.22. The van der Waals surface area contributed by atoms with E-state index >= 15 is 0 Å². The van der Waals surface area contributed by atoms with Gasteiger partial charge in [-0.2, -0.15) is 0 Å². The molecule has 1 saturated heterocycles. The van der Waals surface area contributed by atoms with Crippen LogP contribution in [0.3, 0.4) is 0 Å². The van der Waals surface area contributed by atoms with E-state index < -0.39 is 0 Å². The van der Waals surface area contributed by atoms with Crippen LogP contribution >= 0.6 is 11.3 Å². The van der Waals surface area contributed by atoms with Gasteiger partial charge in [-0.1, -0.05) is 29.5 Å². The standard InChI is InChI=1S/C23H24N6O2S/c1-13(26-21(31)18-8-5-9-29(18)14(2)30)15-6-4-7-16(10-15)22-27-19-20-17(25-12-28(20)3)11-24-23(19)32-22/h4,6-7,10-13,18H,5,8-9H2,1-3H3,(H,26,31)/t13-,18-/m0/s1. The normalized spacial score (nSPS) is 17.2. The third-order valence-corrected chi connectivity index (χ3v) is 7.07. The fraction of sp³-hybridized carbons (Fsp3) is 0.348. The Morgan fingerprint density at radius 2 is 2.12 bits per heavy atom. The van der Waals surface area contributed by atoms with Crippen molar-refractivity contribution in [2.75, 3.05) is 6.54 Å². The number of hydrogen-bond acceptors (Lipinski definition) is 6. The Kier molecular flexibility index (Phi) is 5.13. The van der Waals surface area contributed by atoms with Crippen molar-refractivity contribution < 1.29 is 9.59 Å². The van der Waals surface area contributed by atoms with Crippen molar-refractivity contribution in [2.24, 2.45) is 7.05 Å². The first-order valence-electron chi connectivity index (χ1n) is 10.7. The lowest BCUT2D eigenvalue weighted by atomic mass is 10.0. The number of pyridine rings is 1. The summed E-state index contributed by atoms with van der Waals surface area (Å²) in [5.74, 6) is -0.150. The molecule has 0 spiro atoms. The van der Waals surface area contributed by atoms with E-state index in [1.54, 1.807) is 28.8 Å². The van der Waals surface area contributed by atoms with Gasteiger partial charge in [0, 0.05) is 26.1 Å². The molecule has 164 valence electrons. The zero-order valence-electron chi connectivity index (χ0n) is 18.2. The maximum absolute atomic E-state index is 12.8. The number of nitrogens with zero attached hydrogens (tertiary/aromatic N) is 5. The average Bonchev–Trinajstić information content (AvgIpc) is 3.51. The fourth-order valence-corrected chi connectivity index (χ4v) is 5.29. The number of aromatic nitrogens is 4. The van der Waals surface area contributed by atoms with Crippen LogP contribution in [0.4, 0.5) is 0 Å². The number of imidazole rings is 1. The van der Waals surface area contributed by atoms with Gasteiger partial charge in [0.05, 0.1) is 24.1 Å². The number of carbonyl (C=O) groups excluding carboxylic acids is 2. The smallest absolute Gasteiger partial charge is 0.243 e. The van der Waals surface area contributed by atoms with Gasteiger partial charge in [0.25, 0.3) is 0 Å². The summed E-state index contributed by atoms with van der Waals surface area (Å²) in [5.41, 5.74) is 4.61. The maximum atomic E-state index is 12.8. The van der Waals surface area contributed by atoms with Crippen LogP contribution in [-0.4, -0.2) is 48.8 Å². The Hall–Kier alpha value is -3.33. The molecule has 5 rings (SSSR count). The first kappa shape index (κ1) is 20.6. The predicted molar refractivity (Wildman–Crippen MR) is 124 cm³/mol. The van der Waals surface area contributed by atoms with Crippen LogP contribution < -0.4 is 5.32 Å². The number of amides is 2. The summed E-state index contributed by atoms with van der Waals surface area (Å²) in [7, 11) is 1.95. The predicted octanol–water partition coefficient (Wildman–Crippen LogP) is 3.43. The summed E-state index contributed by atoms with van der Waals surface area (Å²) in [6.45, 7) is 4.13. The van der Waals surface area contributed by atoms with E-state index in [0.29, 0.717) is 13.0 Å². The number of aryl methyl sites for hydroxylation is 1. The van der Waals surface area contributed by atoms with E-state index in [1.165, 1.54) is 6.92 Å². The number of nitrogens with one attached hydrogen (secondary N) is 1. The molecule has 2 atom stereocenters. The molecule has 1 N–H and O–H groups in total. The molecule has 0 saturated carbocycles. The van der Waals surface area contributed by atoms with Crippen molar-refractivity contribution in [3.05, 3.63) is 42.4 Å². The monoisotopic (exact) mass is 448 g/mol. The Bertz CT molecular complexity index is 1340. The topological polar surface area (TPSA) is 93.0 Å². The molecule has 3 aromatic heterocycles. The van der Waals surface area contributed by atoms with E-state index in [0.717, 1.165) is 43.9 Å². The SMILES string of the molecule is CC(=O)N1CCC[C@H]1C(=O)N[C@@H](C)c1cccc(-c2nc3c(ncc4ncn(C)c43)s2)c1. The largest absolute Gasteiger partial charge is 0.348 e. The molecule has 2 amide bonds. The Morgan fingerprint density at radius 3 is 2.94 bits per heavy atom. The van der Waals surface area contributed by atoms with Crippen molar-refractivity contribution in [1.29, 1.82) is 0 Å². The number of likely N-dealkylation sites (tertiary alicyclic amines) is 1. The van der Waals surface area contributed by atoms with E-state index in [2.05, 4.69) is 21.4 Å². The number of fused-ring (bicyclic) bond motifs is 3. The van der Waals surface area contributed by atoms with Gasteiger partial charge >= 0.3 is 0 Å². The van der Waals surface area contributed by atoms with Gasteiger partial charge in [0.15, 0.2) is 0 Å². The van der Waals surface area contributed by atoms with Gasteiger partial charge in [-0.3, -0.25) is 9.59 Å². The minimum Gasteiger partial charge on any atom is -0.348 e. The molecule has 4 aromatic rings. The fourth-order valence-electron chi connectivity index (χ4n) is 4.38. The van der Waals surface area contributed by atoms with Gasteiger partial charge in [0.2, 0.25) is 11.8 Å². The summed E-state index contributed by atoms with van der Waals surface area (Å²) in [6, 6.07) is 7.48. The van der Waals surface area contributed by atoms with Crippen molar-refractivity contribution >= 4 is 44.5 Å². The summed E-state index contributed by atoms with van der Waals surface area (Å²) >= 11 is 1.54. The molecule has 0 aliphatic carbocycles. The lowest BCUT2D eigenvalue weighted by Crippen LogP contribution is -2.45. The highest BCUT2D eigenvalue weighted by Crippen LogP contribution is 2.33. The Morgan fingerprint density at radius 1 is 1.28 bits per heavy atom. The minimum absolute atomic E-state index is 0.0516. The molecule has 1 fully saturated rings. The van der Waals surface area contributed by atoms with E-state index in [4.69, 9.17) is 4.98 Å². The van der Waals surface area contributed by atoms with Crippen LogP contribution in [0.25, 0.3) is 32.0 Å². The van der Waals surface area contributed by atoms with Crippen LogP contribution in [0.15, 0.2) is 36.8 Å². The highest BCUT2D eigenvalue weighted by atomic mass is 32.1. The van der Waals surface area contributed by atoms with E-state index in [-0.39, 0.29) is 23.9 Å². The number of thiazole rings is 1. The molecule has 32 heavy (non-hydrogen) atoms. The van der Waals surface area contributed by atoms with Crippen molar-refractivity contribution in [3.8, 4) is 10.6 Å². The summed E-state index contributed by atoms with van der Waals surface area (Å²) < 4.78 is 1.96. The van der Waals surface area contributed by atoms with Crippen molar-refractivity contribution in [3.63, 3.8) is 0 Å². The second kappa shape index (κ2) is 7.98. The van der Waals surface area contributed by atoms with Crippen LogP contribution in [0, 0.1) is 0 Å². The Balaban J connectivity index is 1.41. The zero-order valence-corrected chi connectivity index (χ0v) is 19.0. The third-order valence-electron chi connectivity index (χ3n) is 6.06. The van der Waals surface area contributed by atoms with Gasteiger partial charge in [-0.05, 0) is 31.4 Å². The lowest BCUT2D eigenvalue weighted by molar-refractivity contribution is -0.137. The van der Waals surface area contributed by atoms with Gasteiger partial charge < -0.3 is 14.8 Å². The molecule has 1 aliphatic rings. The van der Waals surface area contributed by atoms with Crippen LogP contribution in [0.5, 0.6) is 0 Å². The zero-order chi connectivity index (χ0) is 22.4. The van der Waals surface area contributed by atoms with Crippen molar-refractivity contribution in [1.82, 2.24) is 29.7 Å². The van der Waals surface area contributed by atoms with Gasteiger partial charge in [-0.25, -0.2) is 15.0 Å². The molecule has 0 unspecified atom stereocenters. The molecule has 9 heteroatoms. The third kappa shape index (κ3) is 3.52. The van der Waals surface area contributed by atoms with Gasteiger partial charge in [-0.15, -0.1) is 0 Å². The molecule has 0 radical (unpaired) electrons. The summed E-state index contributed by atoms with van der Waals surface area (Å²) in [5, 5.41) is 3.96. The van der Waals surface area contributed by atoms with Gasteiger partial charge in [0.1, 0.15) is 26.9 Å². The Labute approximate surface area is 189 Å². The first-order chi connectivity index (χ1) is 15.4. The van der Waals surface area contributed by atoms with Crippen molar-refractivity contribution in [2.45, 2.75) is 38.8 Å². The number of rotatable bonds is 4. The molecular formula is C23H24N6O2S. The average molecular weight is 449 g/mol. The van der Waals surface area contributed by atoms with E-state index in [1.807, 2.05) is 36.7 Å². The molecule has 8 nitrogen and oxygen atoms in total. The van der Waals surface area contributed by atoms with Crippen LogP contribution in [0.2, 0.25) is 0 Å². The van der Waals surface area contributed by atoms with Crippen LogP contribution in [0.1, 0.15) is 38.3 Å². The molecule has 0 bridgehead atoms. The highest BCUT2D eigenvalue weighted by Gasteiger charge is 2.32. The lowest BCUT2D eigenvalue weighted by Gasteiger charge is -2.24. The number of hydrogen-bond donors (Lipinski definition) is 1. The quantitative estimate of drug-likeness (QED) is 0.516. The maximum Gasteiger partial charge on any atom is 0.243 e. The first-order valence-corrected chi connectivity index (χ1v) is 11.5. The molecule has 4 heterocycles. The number of benzene rings is 1.